The molecule has 124 heavy (non-hydrogen) atoms. The molecule has 0 aromatic rings. The second-order valence-electron chi connectivity index (χ2n) is 48.1. The number of hydrogen-bond donors (Lipinski definition) is 3. The number of sulfone groups is 1. The standard InChI is InChI=1S/C19H38N2O.C18H39N3O2.C18H38N2O3.C14H29N3.C13H28N2O2S.C10H22N2S.2C4H10/c1-16(2,3)21-14-18(7)12-20(13-19(18,8)15-21)10-9-11-22-17(4,5)6;1-17(2,3)19-7-14-22-15-12-20-8-10-21(11-9-20)13-16-23-18(4,5)6;1-17(2,3)22-14-12-20-9-7-19(8-10-20)11-13-21-15-16-23-18(4,5)6;1-14(2,3)17-8-4-13(5-9-17)12-16-10-6-15-7-11-16;1-12(2)18(16,17)11-10-14-6-8-15(9-7-14)13(3,4)5;1-10(2,3)12-6-4-11(5-7-12)8-9-13;2*1-4(2)3/h9-15H2,1-8H3;19H,7-16H2,1-6H3;7-16H2,1-6H3;13,15H,4-12H2,1-3H3;12H,6-11H2,1-5H3;13H,4-9H2,1-3H3;2*4H,1-3H3/t18-,19+;;;;;;;. The van der Waals surface area contributed by atoms with Crippen molar-refractivity contribution in [1.82, 2.24) is 69.4 Å². The average molecular weight is 1810 g/mol. The summed E-state index contributed by atoms with van der Waals surface area (Å²) < 4.78 is 58.0. The number of piperazine rings is 5. The zero-order chi connectivity index (χ0) is 94.8. The van der Waals surface area contributed by atoms with Crippen LogP contribution >= 0.6 is 12.6 Å². The van der Waals surface area contributed by atoms with Gasteiger partial charge in [0.2, 0.25) is 0 Å². The first kappa shape index (κ1) is 122. The molecule has 0 amide bonds. The molecule has 0 aromatic heterocycles. The number of thiol groups is 1. The third-order valence-corrected chi connectivity index (χ3v) is 26.5. The van der Waals surface area contributed by atoms with Crippen molar-refractivity contribution < 1.29 is 36.8 Å². The molecule has 0 aromatic carbocycles. The highest BCUT2D eigenvalue weighted by atomic mass is 32.2. The molecule has 8 rings (SSSR count). The first-order chi connectivity index (χ1) is 56.8. The Hall–Kier alpha value is -0.500. The number of ether oxygens (including phenoxy) is 6. The summed E-state index contributed by atoms with van der Waals surface area (Å²) >= 11 is 4.26. The maximum absolute atomic E-state index is 11.8. The van der Waals surface area contributed by atoms with Crippen molar-refractivity contribution in [1.29, 1.82) is 0 Å². The van der Waals surface area contributed by atoms with Gasteiger partial charge in [-0.1, -0.05) is 55.4 Å². The van der Waals surface area contributed by atoms with Crippen molar-refractivity contribution in [2.45, 2.75) is 331 Å². The summed E-state index contributed by atoms with van der Waals surface area (Å²) in [6.45, 7) is 127. The van der Waals surface area contributed by atoms with Gasteiger partial charge in [0.25, 0.3) is 0 Å². The van der Waals surface area contributed by atoms with Gasteiger partial charge in [0.1, 0.15) is 0 Å². The van der Waals surface area contributed by atoms with Gasteiger partial charge in [0, 0.05) is 267 Å². The summed E-state index contributed by atoms with van der Waals surface area (Å²) in [5.74, 6) is 3.88. The largest absolute Gasteiger partial charge is 0.379 e. The van der Waals surface area contributed by atoms with Crippen LogP contribution in [0.2, 0.25) is 0 Å². The third-order valence-electron chi connectivity index (χ3n) is 24.1. The van der Waals surface area contributed by atoms with Gasteiger partial charge in [-0.3, -0.25) is 49.0 Å². The Kier molecular flexibility index (Phi) is 57.5. The van der Waals surface area contributed by atoms with Gasteiger partial charge in [0.05, 0.1) is 79.7 Å². The smallest absolute Gasteiger partial charge is 0.153 e. The van der Waals surface area contributed by atoms with Crippen molar-refractivity contribution in [3.63, 3.8) is 0 Å². The highest BCUT2D eigenvalue weighted by molar-refractivity contribution is 7.92. The second kappa shape index (κ2) is 58.7. The predicted molar refractivity (Wildman–Crippen MR) is 539 cm³/mol. The molecule has 2 atom stereocenters. The molecule has 0 spiro atoms. The zero-order valence-corrected chi connectivity index (χ0v) is 90.9. The number of piperidine rings is 1. The number of rotatable bonds is 30. The Morgan fingerprint density at radius 2 is 0.669 bits per heavy atom. The van der Waals surface area contributed by atoms with Crippen LogP contribution < -0.4 is 10.6 Å². The molecule has 0 unspecified atom stereocenters. The third kappa shape index (κ3) is 60.0. The Bertz CT molecular complexity index is 2640. The molecule has 0 radical (unpaired) electrons. The van der Waals surface area contributed by atoms with Gasteiger partial charge in [-0.2, -0.15) is 12.6 Å². The molecule has 744 valence electrons. The molecule has 0 bridgehead atoms. The molecule has 24 heteroatoms. The fourth-order valence-corrected chi connectivity index (χ4v) is 17.3. The van der Waals surface area contributed by atoms with Gasteiger partial charge in [-0.25, -0.2) is 8.42 Å². The van der Waals surface area contributed by atoms with E-state index in [9.17, 15) is 8.42 Å². The minimum atomic E-state index is -2.89. The zero-order valence-electron chi connectivity index (χ0n) is 89.2. The van der Waals surface area contributed by atoms with E-state index in [1.807, 2.05) is 0 Å². The topological polar surface area (TPSA) is 152 Å². The minimum Gasteiger partial charge on any atom is -0.379 e. The lowest BCUT2D eigenvalue weighted by Gasteiger charge is -2.42. The Morgan fingerprint density at radius 3 is 1.01 bits per heavy atom. The SMILES string of the molecule is CC(C)(C)N1CCC(CN2CCNCC2)CC1.CC(C)(C)N1CCN(CCS)CC1.CC(C)(C)NCCOCCN1CCN(CCOC(C)(C)C)CC1.CC(C)(C)OCCCN1C[C@@]2(C)CN(C(C)(C)C)C[C@@]2(C)C1.CC(C)(C)OCCOCCN1CCN(CCOC(C)(C)C)CC1.CC(C)C.CC(C)C.CC(C)S(=O)(=O)CCN1CCN(C(C)(C)C)CC1. The van der Waals surface area contributed by atoms with Crippen LogP contribution in [-0.4, -0.2) is 416 Å². The molecule has 22 nitrogen and oxygen atoms in total. The molecular weight excluding hydrogens is 1590 g/mol. The fraction of sp³-hybridized carbons (Fsp3) is 1.00. The van der Waals surface area contributed by atoms with Crippen molar-refractivity contribution in [3.8, 4) is 0 Å². The van der Waals surface area contributed by atoms with Crippen molar-refractivity contribution in [2.24, 2.45) is 28.6 Å². The number of nitrogens with one attached hydrogen (secondary N) is 2. The van der Waals surface area contributed by atoms with Crippen LogP contribution in [0.5, 0.6) is 0 Å². The fourth-order valence-electron chi connectivity index (χ4n) is 16.0. The quantitative estimate of drug-likeness (QED) is 0.0461. The molecule has 8 aliphatic rings. The lowest BCUT2D eigenvalue weighted by molar-refractivity contribution is -0.0387. The van der Waals surface area contributed by atoms with Crippen LogP contribution in [-0.2, 0) is 38.3 Å². The van der Waals surface area contributed by atoms with Gasteiger partial charge < -0.3 is 48.9 Å². The highest BCUT2D eigenvalue weighted by Gasteiger charge is 2.58. The number of likely N-dealkylation sites (tertiary alicyclic amines) is 3. The first-order valence-electron chi connectivity index (χ1n) is 49.6. The van der Waals surface area contributed by atoms with Gasteiger partial charge in [-0.05, 0) is 251 Å². The molecule has 8 heterocycles. The van der Waals surface area contributed by atoms with E-state index in [-0.39, 0.29) is 38.7 Å². The molecule has 0 saturated carbocycles. The lowest BCUT2D eigenvalue weighted by Crippen LogP contribution is -2.54. The summed E-state index contributed by atoms with van der Waals surface area (Å²) in [7, 11) is -2.89. The number of fused-ring (bicyclic) bond motifs is 1. The van der Waals surface area contributed by atoms with Crippen LogP contribution in [0.25, 0.3) is 0 Å². The van der Waals surface area contributed by atoms with Crippen molar-refractivity contribution in [2.75, 3.05) is 293 Å². The number of nitrogens with zero attached hydrogens (tertiary/aromatic N) is 12. The highest BCUT2D eigenvalue weighted by Crippen LogP contribution is 2.53. The van der Waals surface area contributed by atoms with Crippen LogP contribution in [0.1, 0.15) is 275 Å². The molecule has 8 fully saturated rings. The Balaban J connectivity index is 0.000000735. The summed E-state index contributed by atoms with van der Waals surface area (Å²) in [5.41, 5.74) is 2.12. The monoisotopic (exact) mass is 1800 g/mol. The van der Waals surface area contributed by atoms with E-state index in [1.54, 1.807) is 13.8 Å². The van der Waals surface area contributed by atoms with E-state index in [0.717, 1.165) is 187 Å². The Morgan fingerprint density at radius 1 is 0.355 bits per heavy atom. The average Bonchev–Trinajstić information content (AvgIpc) is 1.57. The lowest BCUT2D eigenvalue weighted by atomic mass is 9.71. The summed E-state index contributed by atoms with van der Waals surface area (Å²) in [4.78, 5) is 30.4. The van der Waals surface area contributed by atoms with E-state index in [4.69, 9.17) is 28.4 Å². The van der Waals surface area contributed by atoms with E-state index in [2.05, 4.69) is 324 Å². The van der Waals surface area contributed by atoms with E-state index in [0.29, 0.717) is 53.0 Å². The van der Waals surface area contributed by atoms with Crippen LogP contribution in [0.3, 0.4) is 0 Å². The molecular formula is C100H214N14O8S2. The summed E-state index contributed by atoms with van der Waals surface area (Å²) in [6, 6.07) is 0. The van der Waals surface area contributed by atoms with Gasteiger partial charge in [-0.15, -0.1) is 0 Å². The van der Waals surface area contributed by atoms with Crippen molar-refractivity contribution in [3.05, 3.63) is 0 Å². The van der Waals surface area contributed by atoms with E-state index >= 15 is 0 Å². The summed E-state index contributed by atoms with van der Waals surface area (Å²) in [6.07, 6.45) is 3.93. The maximum atomic E-state index is 11.8. The molecule has 0 aliphatic carbocycles. The molecule has 8 saturated heterocycles. The van der Waals surface area contributed by atoms with Gasteiger partial charge >= 0.3 is 0 Å². The maximum Gasteiger partial charge on any atom is 0.153 e. The first-order valence-corrected chi connectivity index (χ1v) is 52.0. The van der Waals surface area contributed by atoms with Crippen LogP contribution in [0.15, 0.2) is 0 Å². The Labute approximate surface area is 777 Å². The van der Waals surface area contributed by atoms with Crippen LogP contribution in [0.4, 0.5) is 0 Å². The predicted octanol–water partition coefficient (Wildman–Crippen LogP) is 15.0. The van der Waals surface area contributed by atoms with Crippen LogP contribution in [0, 0.1) is 28.6 Å². The molecule has 8 aliphatic heterocycles. The number of hydrogen-bond acceptors (Lipinski definition) is 23. The summed E-state index contributed by atoms with van der Waals surface area (Å²) in [5, 5.41) is 6.61. The van der Waals surface area contributed by atoms with E-state index < -0.39 is 9.84 Å². The van der Waals surface area contributed by atoms with Crippen molar-refractivity contribution >= 4 is 22.5 Å². The van der Waals surface area contributed by atoms with Gasteiger partial charge in [0.15, 0.2) is 9.84 Å². The normalized spacial score (nSPS) is 22.5. The molecule has 2 N–H and O–H groups in total. The van der Waals surface area contributed by atoms with E-state index in [1.165, 1.54) is 118 Å². The second-order valence-corrected chi connectivity index (χ2v) is 51.2. The minimum absolute atomic E-state index is 0.00726.